The van der Waals surface area contributed by atoms with Crippen molar-refractivity contribution in [1.82, 2.24) is 19.9 Å². The highest BCUT2D eigenvalue weighted by Gasteiger charge is 2.25. The van der Waals surface area contributed by atoms with Gasteiger partial charge in [0.2, 0.25) is 0 Å². The first-order valence-electron chi connectivity index (χ1n) is 7.66. The Labute approximate surface area is 129 Å². The molecule has 0 amide bonds. The van der Waals surface area contributed by atoms with E-state index in [-0.39, 0.29) is 11.5 Å². The minimum Gasteiger partial charge on any atom is -0.356 e. The van der Waals surface area contributed by atoms with Crippen molar-refractivity contribution in [2.24, 2.45) is 0 Å². The summed E-state index contributed by atoms with van der Waals surface area (Å²) in [6.07, 6.45) is 3.61. The number of aromatic nitrogens is 4. The molecule has 0 unspecified atom stereocenters. The zero-order chi connectivity index (χ0) is 15.7. The van der Waals surface area contributed by atoms with Crippen LogP contribution in [0.5, 0.6) is 0 Å². The first-order chi connectivity index (χ1) is 10.5. The zero-order valence-electron chi connectivity index (χ0n) is 13.3. The molecule has 2 aromatic rings. The van der Waals surface area contributed by atoms with Crippen molar-refractivity contribution < 1.29 is 0 Å². The molecular formula is C16H21N5O. The van der Waals surface area contributed by atoms with Crippen LogP contribution >= 0.6 is 0 Å². The highest BCUT2D eigenvalue weighted by Crippen LogP contribution is 2.29. The van der Waals surface area contributed by atoms with Gasteiger partial charge in [-0.2, -0.15) is 0 Å². The van der Waals surface area contributed by atoms with E-state index in [1.807, 2.05) is 13.8 Å². The van der Waals surface area contributed by atoms with Gasteiger partial charge in [0.15, 0.2) is 0 Å². The highest BCUT2D eigenvalue weighted by atomic mass is 16.1. The van der Waals surface area contributed by atoms with Crippen LogP contribution in [0.3, 0.4) is 0 Å². The minimum absolute atomic E-state index is 0.0907. The maximum absolute atomic E-state index is 11.5. The standard InChI is InChI=1S/C16H21N5O/c1-10-11(2)19-12(3)20-16(10)21-6-4-5-13(8-21)14-7-15(22)18-9-17-14/h7,9,13H,4-6,8H2,1-3H3,(H,17,18,22)/t13-/m1/s1. The normalized spacial score (nSPS) is 18.5. The zero-order valence-corrected chi connectivity index (χ0v) is 13.3. The first-order valence-corrected chi connectivity index (χ1v) is 7.66. The van der Waals surface area contributed by atoms with E-state index in [0.29, 0.717) is 0 Å². The van der Waals surface area contributed by atoms with E-state index in [0.717, 1.165) is 54.5 Å². The monoisotopic (exact) mass is 299 g/mol. The number of hydrogen-bond acceptors (Lipinski definition) is 5. The van der Waals surface area contributed by atoms with Gasteiger partial charge in [-0.1, -0.05) is 0 Å². The molecule has 0 saturated carbocycles. The van der Waals surface area contributed by atoms with Gasteiger partial charge in [0.1, 0.15) is 11.6 Å². The van der Waals surface area contributed by atoms with Crippen LogP contribution in [0.4, 0.5) is 5.82 Å². The van der Waals surface area contributed by atoms with Gasteiger partial charge in [-0.3, -0.25) is 4.79 Å². The van der Waals surface area contributed by atoms with Gasteiger partial charge in [-0.05, 0) is 33.6 Å². The van der Waals surface area contributed by atoms with Gasteiger partial charge in [-0.15, -0.1) is 0 Å². The number of nitrogens with zero attached hydrogens (tertiary/aromatic N) is 4. The molecule has 0 spiro atoms. The topological polar surface area (TPSA) is 74.8 Å². The second-order valence-corrected chi connectivity index (χ2v) is 5.93. The molecule has 0 radical (unpaired) electrons. The summed E-state index contributed by atoms with van der Waals surface area (Å²) in [5.41, 5.74) is 2.93. The third-order valence-electron chi connectivity index (χ3n) is 4.31. The van der Waals surface area contributed by atoms with Crippen molar-refractivity contribution in [3.05, 3.63) is 45.5 Å². The van der Waals surface area contributed by atoms with Gasteiger partial charge < -0.3 is 9.88 Å². The largest absolute Gasteiger partial charge is 0.356 e. The Hall–Kier alpha value is -2.24. The van der Waals surface area contributed by atoms with Crippen molar-refractivity contribution in [3.63, 3.8) is 0 Å². The predicted octanol–water partition coefficient (Wildman–Crippen LogP) is 1.87. The number of nitrogens with one attached hydrogen (secondary N) is 1. The average Bonchev–Trinajstić information content (AvgIpc) is 2.51. The number of aryl methyl sites for hydroxylation is 2. The van der Waals surface area contributed by atoms with Crippen LogP contribution in [0.2, 0.25) is 0 Å². The fraction of sp³-hybridized carbons (Fsp3) is 0.500. The average molecular weight is 299 g/mol. The molecule has 1 saturated heterocycles. The number of rotatable bonds is 2. The highest BCUT2D eigenvalue weighted by molar-refractivity contribution is 5.49. The second kappa shape index (κ2) is 5.87. The van der Waals surface area contributed by atoms with E-state index < -0.39 is 0 Å². The third-order valence-corrected chi connectivity index (χ3v) is 4.31. The summed E-state index contributed by atoms with van der Waals surface area (Å²) in [7, 11) is 0. The molecule has 6 heteroatoms. The van der Waals surface area contributed by atoms with Crippen LogP contribution in [0.25, 0.3) is 0 Å². The molecule has 0 aromatic carbocycles. The van der Waals surface area contributed by atoms with Crippen LogP contribution in [0, 0.1) is 20.8 Å². The van der Waals surface area contributed by atoms with E-state index in [9.17, 15) is 4.79 Å². The van der Waals surface area contributed by atoms with Crippen molar-refractivity contribution in [3.8, 4) is 0 Å². The second-order valence-electron chi connectivity index (χ2n) is 5.93. The quantitative estimate of drug-likeness (QED) is 0.916. The molecule has 116 valence electrons. The van der Waals surface area contributed by atoms with Crippen LogP contribution in [0.1, 0.15) is 41.5 Å². The van der Waals surface area contributed by atoms with Crippen molar-refractivity contribution in [1.29, 1.82) is 0 Å². The minimum atomic E-state index is -0.0907. The van der Waals surface area contributed by atoms with Crippen molar-refractivity contribution >= 4 is 5.82 Å². The van der Waals surface area contributed by atoms with Crippen LogP contribution in [-0.4, -0.2) is 33.0 Å². The lowest BCUT2D eigenvalue weighted by Crippen LogP contribution is -2.36. The number of piperidine rings is 1. The summed E-state index contributed by atoms with van der Waals surface area (Å²) >= 11 is 0. The Morgan fingerprint density at radius 3 is 2.86 bits per heavy atom. The van der Waals surface area contributed by atoms with E-state index in [4.69, 9.17) is 0 Å². The molecule has 0 aliphatic carbocycles. The lowest BCUT2D eigenvalue weighted by Gasteiger charge is -2.34. The number of anilines is 1. The van der Waals surface area contributed by atoms with E-state index in [1.165, 1.54) is 6.33 Å². The molecule has 3 rings (SSSR count). The lowest BCUT2D eigenvalue weighted by molar-refractivity contribution is 0.496. The fourth-order valence-electron chi connectivity index (χ4n) is 3.08. The maximum Gasteiger partial charge on any atom is 0.250 e. The molecular weight excluding hydrogens is 278 g/mol. The molecule has 1 aliphatic rings. The Kier molecular flexibility index (Phi) is 3.92. The van der Waals surface area contributed by atoms with Gasteiger partial charge in [0, 0.05) is 36.3 Å². The molecule has 3 heterocycles. The summed E-state index contributed by atoms with van der Waals surface area (Å²) < 4.78 is 0. The molecule has 1 atom stereocenters. The Morgan fingerprint density at radius 2 is 2.09 bits per heavy atom. The Morgan fingerprint density at radius 1 is 1.27 bits per heavy atom. The molecule has 0 bridgehead atoms. The third kappa shape index (κ3) is 2.86. The summed E-state index contributed by atoms with van der Waals surface area (Å²) in [5.74, 6) is 2.08. The molecule has 1 aliphatic heterocycles. The SMILES string of the molecule is Cc1nc(C)c(C)c(N2CCC[C@@H](c3cc(=O)[nH]cn3)C2)n1. The van der Waals surface area contributed by atoms with Crippen LogP contribution in [-0.2, 0) is 0 Å². The number of aromatic amines is 1. The van der Waals surface area contributed by atoms with E-state index >= 15 is 0 Å². The number of H-pyrrole nitrogens is 1. The Balaban J connectivity index is 1.89. The van der Waals surface area contributed by atoms with Gasteiger partial charge in [-0.25, -0.2) is 15.0 Å². The maximum atomic E-state index is 11.5. The van der Waals surface area contributed by atoms with E-state index in [1.54, 1.807) is 6.07 Å². The van der Waals surface area contributed by atoms with Gasteiger partial charge >= 0.3 is 0 Å². The summed E-state index contributed by atoms with van der Waals surface area (Å²) in [6.45, 7) is 7.84. The van der Waals surface area contributed by atoms with Crippen LogP contribution in [0.15, 0.2) is 17.2 Å². The smallest absolute Gasteiger partial charge is 0.250 e. The predicted molar refractivity (Wildman–Crippen MR) is 85.3 cm³/mol. The van der Waals surface area contributed by atoms with E-state index in [2.05, 4.69) is 31.8 Å². The Bertz CT molecular complexity index is 740. The number of hydrogen-bond donors (Lipinski definition) is 1. The van der Waals surface area contributed by atoms with Crippen molar-refractivity contribution in [2.45, 2.75) is 39.5 Å². The molecule has 6 nitrogen and oxygen atoms in total. The van der Waals surface area contributed by atoms with Gasteiger partial charge in [0.05, 0.1) is 12.0 Å². The molecule has 1 N–H and O–H groups in total. The van der Waals surface area contributed by atoms with Crippen molar-refractivity contribution in [2.75, 3.05) is 18.0 Å². The summed E-state index contributed by atoms with van der Waals surface area (Å²) in [6, 6.07) is 1.61. The van der Waals surface area contributed by atoms with Gasteiger partial charge in [0.25, 0.3) is 5.56 Å². The lowest BCUT2D eigenvalue weighted by atomic mass is 9.94. The molecule has 1 fully saturated rings. The molecule has 2 aromatic heterocycles. The van der Waals surface area contributed by atoms with Crippen LogP contribution < -0.4 is 10.5 Å². The fourth-order valence-corrected chi connectivity index (χ4v) is 3.08. The first kappa shape index (κ1) is 14.7. The summed E-state index contributed by atoms with van der Waals surface area (Å²) in [4.78, 5) is 29.8. The molecule has 22 heavy (non-hydrogen) atoms. The summed E-state index contributed by atoms with van der Waals surface area (Å²) in [5, 5.41) is 0.